The fourth-order valence-electron chi connectivity index (χ4n) is 4.19. The van der Waals surface area contributed by atoms with Crippen molar-refractivity contribution in [2.24, 2.45) is 0 Å². The summed E-state index contributed by atoms with van der Waals surface area (Å²) in [6.45, 7) is 4.22. The maximum atomic E-state index is 13.2. The molecule has 2 aromatic carbocycles. The summed E-state index contributed by atoms with van der Waals surface area (Å²) in [7, 11) is 0. The van der Waals surface area contributed by atoms with Crippen LogP contribution >= 0.6 is 0 Å². The molecule has 1 N–H and O–H groups in total. The summed E-state index contributed by atoms with van der Waals surface area (Å²) in [5.41, 5.74) is 4.05. The number of aromatic amines is 1. The monoisotopic (exact) mass is 448 g/mol. The summed E-state index contributed by atoms with van der Waals surface area (Å²) in [5.74, 6) is 2.60. The molecule has 0 fully saturated rings. The van der Waals surface area contributed by atoms with Crippen LogP contribution in [0.25, 0.3) is 11.5 Å². The number of oxazole rings is 1. The van der Waals surface area contributed by atoms with Gasteiger partial charge in [-0.25, -0.2) is 9.37 Å². The Hall–Kier alpha value is -3.75. The third-order valence-corrected chi connectivity index (χ3v) is 5.88. The third-order valence-electron chi connectivity index (χ3n) is 5.88. The van der Waals surface area contributed by atoms with Crippen molar-refractivity contribution in [2.45, 2.75) is 32.6 Å². The zero-order valence-electron chi connectivity index (χ0n) is 18.4. The molecule has 8 nitrogen and oxygen atoms in total. The highest BCUT2D eigenvalue weighted by atomic mass is 19.1. The number of nitrogens with one attached hydrogen (secondary N) is 1. The van der Waals surface area contributed by atoms with E-state index < -0.39 is 0 Å². The number of nitrogens with zero attached hydrogens (tertiary/aromatic N) is 5. The van der Waals surface area contributed by atoms with Gasteiger partial charge in [-0.15, -0.1) is 10.2 Å². The minimum Gasteiger partial charge on any atom is -0.493 e. The quantitative estimate of drug-likeness (QED) is 0.437. The van der Waals surface area contributed by atoms with Gasteiger partial charge in [-0.2, -0.15) is 5.21 Å². The zero-order chi connectivity index (χ0) is 22.6. The molecule has 0 aliphatic carbocycles. The minimum absolute atomic E-state index is 0.282. The lowest BCUT2D eigenvalue weighted by molar-refractivity contribution is 0.316. The van der Waals surface area contributed by atoms with Crippen LogP contribution in [0.4, 0.5) is 10.1 Å². The van der Waals surface area contributed by atoms with Crippen LogP contribution in [0, 0.1) is 12.7 Å². The van der Waals surface area contributed by atoms with Gasteiger partial charge in [0.25, 0.3) is 0 Å². The first-order valence-electron chi connectivity index (χ1n) is 11.1. The summed E-state index contributed by atoms with van der Waals surface area (Å²) in [5, 5.41) is 14.2. The molecular weight excluding hydrogens is 423 g/mol. The number of halogens is 1. The second-order valence-electron chi connectivity index (χ2n) is 8.05. The van der Waals surface area contributed by atoms with Crippen molar-refractivity contribution in [1.29, 1.82) is 0 Å². The van der Waals surface area contributed by atoms with E-state index in [9.17, 15) is 4.39 Å². The minimum atomic E-state index is -0.282. The van der Waals surface area contributed by atoms with Gasteiger partial charge in [0.05, 0.1) is 12.3 Å². The van der Waals surface area contributed by atoms with Crippen LogP contribution in [0.1, 0.15) is 29.3 Å². The molecule has 0 radical (unpaired) electrons. The molecule has 0 amide bonds. The fraction of sp³-hybridized carbons (Fsp3) is 0.333. The zero-order valence-corrected chi connectivity index (χ0v) is 18.4. The topological polar surface area (TPSA) is 93.0 Å². The Bertz CT molecular complexity index is 1210. The van der Waals surface area contributed by atoms with Gasteiger partial charge in [0.1, 0.15) is 17.3 Å². The first kappa shape index (κ1) is 21.1. The number of aromatic nitrogens is 5. The van der Waals surface area contributed by atoms with Crippen LogP contribution in [0.5, 0.6) is 5.75 Å². The van der Waals surface area contributed by atoms with Crippen LogP contribution < -0.4 is 9.64 Å². The van der Waals surface area contributed by atoms with E-state index >= 15 is 0 Å². The van der Waals surface area contributed by atoms with Crippen molar-refractivity contribution in [3.05, 3.63) is 71.1 Å². The SMILES string of the molecule is Cc1oc(-c2ccc(F)cc2)nc1CCOc1cccc2c1CCCN2CCc1nn[nH]n1. The molecule has 0 saturated carbocycles. The highest BCUT2D eigenvalue weighted by Crippen LogP contribution is 2.34. The van der Waals surface area contributed by atoms with E-state index in [1.807, 2.05) is 19.1 Å². The van der Waals surface area contributed by atoms with Gasteiger partial charge in [-0.1, -0.05) is 11.3 Å². The second kappa shape index (κ2) is 9.40. The number of aryl methyl sites for hydroxylation is 1. The predicted octanol–water partition coefficient (Wildman–Crippen LogP) is 3.92. The van der Waals surface area contributed by atoms with Crippen molar-refractivity contribution < 1.29 is 13.5 Å². The largest absolute Gasteiger partial charge is 0.493 e. The van der Waals surface area contributed by atoms with Crippen LogP contribution in [0.3, 0.4) is 0 Å². The fourth-order valence-corrected chi connectivity index (χ4v) is 4.19. The number of H-pyrrole nitrogens is 1. The summed E-state index contributed by atoms with van der Waals surface area (Å²) < 4.78 is 25.2. The van der Waals surface area contributed by atoms with Crippen LogP contribution in [0.15, 0.2) is 46.9 Å². The van der Waals surface area contributed by atoms with Crippen molar-refractivity contribution in [3.63, 3.8) is 0 Å². The summed E-state index contributed by atoms with van der Waals surface area (Å²) in [6.07, 6.45) is 3.43. The van der Waals surface area contributed by atoms with Crippen molar-refractivity contribution >= 4 is 5.69 Å². The highest BCUT2D eigenvalue weighted by molar-refractivity contribution is 5.61. The summed E-state index contributed by atoms with van der Waals surface area (Å²) >= 11 is 0. The Labute approximate surface area is 190 Å². The molecule has 0 atom stereocenters. The van der Waals surface area contributed by atoms with Crippen molar-refractivity contribution in [1.82, 2.24) is 25.6 Å². The first-order valence-corrected chi connectivity index (χ1v) is 11.1. The molecule has 0 bridgehead atoms. The van der Waals surface area contributed by atoms with Gasteiger partial charge in [0, 0.05) is 42.7 Å². The molecule has 0 saturated heterocycles. The first-order chi connectivity index (χ1) is 16.2. The summed E-state index contributed by atoms with van der Waals surface area (Å²) in [6, 6.07) is 12.4. The van der Waals surface area contributed by atoms with Crippen LogP contribution in [-0.2, 0) is 19.3 Å². The number of tetrazole rings is 1. The van der Waals surface area contributed by atoms with Gasteiger partial charge in [-0.05, 0) is 56.2 Å². The number of anilines is 1. The lowest BCUT2D eigenvalue weighted by atomic mass is 10.0. The number of hydrogen-bond acceptors (Lipinski definition) is 7. The van der Waals surface area contributed by atoms with E-state index in [1.54, 1.807) is 12.1 Å². The molecule has 5 rings (SSSR count). The number of ether oxygens (including phenoxy) is 1. The molecule has 2 aromatic heterocycles. The van der Waals surface area contributed by atoms with E-state index in [0.29, 0.717) is 18.9 Å². The van der Waals surface area contributed by atoms with Crippen molar-refractivity contribution in [3.8, 4) is 17.2 Å². The lowest BCUT2D eigenvalue weighted by Crippen LogP contribution is -2.31. The van der Waals surface area contributed by atoms with E-state index in [2.05, 4.69) is 36.6 Å². The van der Waals surface area contributed by atoms with Gasteiger partial charge in [0.15, 0.2) is 5.82 Å². The standard InChI is InChI=1S/C24H25FN6O2/c1-16-20(26-24(33-16)17-7-9-18(25)10-8-17)12-15-32-22-6-2-5-21-19(22)4-3-13-31(21)14-11-23-27-29-30-28-23/h2,5-10H,3-4,11-15H2,1H3,(H,27,28,29,30). The van der Waals surface area contributed by atoms with Crippen molar-refractivity contribution in [2.75, 3.05) is 24.6 Å². The Morgan fingerprint density at radius 3 is 2.85 bits per heavy atom. The van der Waals surface area contributed by atoms with Crippen LogP contribution in [0.2, 0.25) is 0 Å². The maximum absolute atomic E-state index is 13.2. The number of fused-ring (bicyclic) bond motifs is 1. The predicted molar refractivity (Wildman–Crippen MR) is 121 cm³/mol. The van der Waals surface area contributed by atoms with Crippen LogP contribution in [-0.4, -0.2) is 45.3 Å². The average molecular weight is 449 g/mol. The molecule has 1 aliphatic rings. The molecule has 3 heterocycles. The Morgan fingerprint density at radius 2 is 2.03 bits per heavy atom. The number of hydrogen-bond donors (Lipinski definition) is 1. The molecule has 33 heavy (non-hydrogen) atoms. The lowest BCUT2D eigenvalue weighted by Gasteiger charge is -2.32. The Morgan fingerprint density at radius 1 is 1.15 bits per heavy atom. The molecule has 9 heteroatoms. The average Bonchev–Trinajstić information content (AvgIpc) is 3.48. The molecular formula is C24H25FN6O2. The normalized spacial score (nSPS) is 13.2. The molecule has 0 unspecified atom stereocenters. The van der Waals surface area contributed by atoms with E-state index in [0.717, 1.165) is 60.9 Å². The maximum Gasteiger partial charge on any atom is 0.226 e. The van der Waals surface area contributed by atoms with Gasteiger partial charge >= 0.3 is 0 Å². The highest BCUT2D eigenvalue weighted by Gasteiger charge is 2.21. The van der Waals surface area contributed by atoms with Gasteiger partial charge in [-0.3, -0.25) is 0 Å². The Balaban J connectivity index is 1.24. The summed E-state index contributed by atoms with van der Waals surface area (Å²) in [4.78, 5) is 6.95. The molecule has 170 valence electrons. The molecule has 4 aromatic rings. The van der Waals surface area contributed by atoms with E-state index in [4.69, 9.17) is 9.15 Å². The number of rotatable bonds is 8. The van der Waals surface area contributed by atoms with Gasteiger partial charge < -0.3 is 14.1 Å². The Kier molecular flexibility index (Phi) is 6.01. The van der Waals surface area contributed by atoms with E-state index in [1.165, 1.54) is 23.4 Å². The van der Waals surface area contributed by atoms with E-state index in [-0.39, 0.29) is 5.82 Å². The molecule has 0 spiro atoms. The molecule has 1 aliphatic heterocycles. The third kappa shape index (κ3) is 4.72. The smallest absolute Gasteiger partial charge is 0.226 e. The second-order valence-corrected chi connectivity index (χ2v) is 8.05. The number of benzene rings is 2. The van der Waals surface area contributed by atoms with Gasteiger partial charge in [0.2, 0.25) is 5.89 Å².